The topological polar surface area (TPSA) is 136 Å². The molecule has 0 aliphatic carbocycles. The van der Waals surface area contributed by atoms with Crippen LogP contribution in [0.1, 0.15) is 13.8 Å². The van der Waals surface area contributed by atoms with E-state index in [2.05, 4.69) is 20.8 Å². The van der Waals surface area contributed by atoms with E-state index in [-0.39, 0.29) is 10.8 Å². The largest absolute Gasteiger partial charge is 0.492 e. The summed E-state index contributed by atoms with van der Waals surface area (Å²) < 4.78 is 28.8. The minimum atomic E-state index is -3.78. The van der Waals surface area contributed by atoms with Crippen molar-refractivity contribution in [1.82, 2.24) is 10.2 Å². The third kappa shape index (κ3) is 6.40. The number of carbonyl (C=O) groups is 1. The average molecular weight is 480 g/mol. The summed E-state index contributed by atoms with van der Waals surface area (Å²) >= 11 is 2.59. The Morgan fingerprint density at radius 3 is 2.58 bits per heavy atom. The van der Waals surface area contributed by atoms with E-state index >= 15 is 0 Å². The van der Waals surface area contributed by atoms with Crippen LogP contribution in [0.15, 0.2) is 57.8 Å². The lowest BCUT2D eigenvalue weighted by atomic mass is 10.3. The molecule has 0 saturated carbocycles. The molecule has 0 saturated heterocycles. The minimum absolute atomic E-state index is 0.0206. The highest BCUT2D eigenvalue weighted by Crippen LogP contribution is 2.33. The number of anilines is 3. The molecule has 1 unspecified atom stereocenters. The molecule has 12 heteroatoms. The smallest absolute Gasteiger partial charge is 0.238 e. The average Bonchev–Trinajstić information content (AvgIpc) is 3.16. The van der Waals surface area contributed by atoms with Crippen LogP contribution in [-0.4, -0.2) is 36.4 Å². The van der Waals surface area contributed by atoms with E-state index < -0.39 is 15.3 Å². The summed E-state index contributed by atoms with van der Waals surface area (Å²) in [4.78, 5) is 12.4. The van der Waals surface area contributed by atoms with Gasteiger partial charge in [-0.3, -0.25) is 4.79 Å². The third-order valence-corrected chi connectivity index (χ3v) is 6.88. The lowest BCUT2D eigenvalue weighted by Gasteiger charge is -2.10. The number of primary sulfonamides is 1. The minimum Gasteiger partial charge on any atom is -0.492 e. The number of hydrogen-bond acceptors (Lipinski definition) is 9. The zero-order valence-electron chi connectivity index (χ0n) is 16.7. The highest BCUT2D eigenvalue weighted by molar-refractivity contribution is 8.02. The summed E-state index contributed by atoms with van der Waals surface area (Å²) in [5.41, 5.74) is 1.25. The van der Waals surface area contributed by atoms with Crippen LogP contribution < -0.4 is 20.5 Å². The number of benzene rings is 2. The molecule has 3 aromatic rings. The number of thioether (sulfide) groups is 1. The number of ether oxygens (including phenoxy) is 1. The number of sulfonamides is 1. The molecule has 2 aromatic carbocycles. The van der Waals surface area contributed by atoms with Crippen LogP contribution in [0.4, 0.5) is 16.5 Å². The zero-order valence-corrected chi connectivity index (χ0v) is 19.2. The van der Waals surface area contributed by atoms with Gasteiger partial charge in [-0.25, -0.2) is 13.6 Å². The second kappa shape index (κ2) is 10.1. The summed E-state index contributed by atoms with van der Waals surface area (Å²) in [6, 6.07) is 13.2. The van der Waals surface area contributed by atoms with E-state index in [1.165, 1.54) is 47.4 Å². The van der Waals surface area contributed by atoms with E-state index in [9.17, 15) is 13.2 Å². The summed E-state index contributed by atoms with van der Waals surface area (Å²) in [6.45, 7) is 4.21. The normalized spacial score (nSPS) is 12.2. The molecule has 9 nitrogen and oxygen atoms in total. The Bertz CT molecular complexity index is 1150. The van der Waals surface area contributed by atoms with E-state index in [1.807, 2.05) is 31.2 Å². The molecule has 0 spiro atoms. The lowest BCUT2D eigenvalue weighted by Crippen LogP contribution is -2.22. The van der Waals surface area contributed by atoms with Gasteiger partial charge in [0.05, 0.1) is 22.4 Å². The van der Waals surface area contributed by atoms with E-state index in [0.717, 1.165) is 11.4 Å². The van der Waals surface area contributed by atoms with Crippen molar-refractivity contribution >= 4 is 55.5 Å². The van der Waals surface area contributed by atoms with Crippen molar-refractivity contribution in [2.24, 2.45) is 5.14 Å². The second-order valence-corrected chi connectivity index (χ2v) is 10.4. The Morgan fingerprint density at radius 2 is 1.90 bits per heavy atom. The number of para-hydroxylation sites is 2. The van der Waals surface area contributed by atoms with E-state index in [4.69, 9.17) is 9.88 Å². The van der Waals surface area contributed by atoms with Crippen LogP contribution in [-0.2, 0) is 14.8 Å². The third-order valence-electron chi connectivity index (χ3n) is 3.93. The Balaban J connectivity index is 1.59. The SMILES string of the molecule is CCOc1ccccc1Nc1nnc(SC(C)C(=O)Nc2ccc(S(N)(=O)=O)cc2)s1. The Kier molecular flexibility index (Phi) is 7.49. The zero-order chi connectivity index (χ0) is 22.4. The molecule has 1 atom stereocenters. The fraction of sp³-hybridized carbons (Fsp3) is 0.211. The summed E-state index contributed by atoms with van der Waals surface area (Å²) in [5.74, 6) is 0.468. The van der Waals surface area contributed by atoms with Crippen molar-refractivity contribution < 1.29 is 17.9 Å². The van der Waals surface area contributed by atoms with Gasteiger partial charge in [-0.2, -0.15) is 0 Å². The molecule has 0 aliphatic rings. The van der Waals surface area contributed by atoms with E-state index in [0.29, 0.717) is 21.8 Å². The standard InChI is InChI=1S/C19H21N5O4S3/c1-3-28-16-7-5-4-6-15(16)22-18-23-24-19(30-18)29-12(2)17(25)21-13-8-10-14(11-9-13)31(20,26)27/h4-12H,3H2,1-2H3,(H,21,25)(H,22,23)(H2,20,26,27). The first-order valence-corrected chi connectivity index (χ1v) is 12.4. The maximum absolute atomic E-state index is 12.5. The van der Waals surface area contributed by atoms with Gasteiger partial charge in [0.15, 0.2) is 4.34 Å². The van der Waals surface area contributed by atoms with Gasteiger partial charge in [0.25, 0.3) is 0 Å². The van der Waals surface area contributed by atoms with Crippen molar-refractivity contribution in [3.05, 3.63) is 48.5 Å². The Morgan fingerprint density at radius 1 is 1.19 bits per heavy atom. The molecule has 1 aromatic heterocycles. The van der Waals surface area contributed by atoms with Crippen molar-refractivity contribution in [2.75, 3.05) is 17.2 Å². The van der Waals surface area contributed by atoms with E-state index in [1.54, 1.807) is 6.92 Å². The maximum Gasteiger partial charge on any atom is 0.238 e. The number of carbonyl (C=O) groups excluding carboxylic acids is 1. The quantitative estimate of drug-likeness (QED) is 0.397. The van der Waals surface area contributed by atoms with Gasteiger partial charge in [0.2, 0.25) is 21.1 Å². The van der Waals surface area contributed by atoms with Crippen LogP contribution >= 0.6 is 23.1 Å². The molecule has 0 fully saturated rings. The number of amides is 1. The van der Waals surface area contributed by atoms with Crippen LogP contribution in [0.2, 0.25) is 0 Å². The van der Waals surface area contributed by atoms with Crippen LogP contribution in [0.25, 0.3) is 0 Å². The van der Waals surface area contributed by atoms with Crippen LogP contribution in [0, 0.1) is 0 Å². The number of nitrogens with one attached hydrogen (secondary N) is 2. The highest BCUT2D eigenvalue weighted by atomic mass is 32.2. The highest BCUT2D eigenvalue weighted by Gasteiger charge is 2.18. The summed E-state index contributed by atoms with van der Waals surface area (Å²) in [5, 5.41) is 19.4. The van der Waals surface area contributed by atoms with Crippen molar-refractivity contribution in [1.29, 1.82) is 0 Å². The number of hydrogen-bond donors (Lipinski definition) is 3. The van der Waals surface area contributed by atoms with Gasteiger partial charge in [-0.05, 0) is 50.2 Å². The molecule has 0 aliphatic heterocycles. The molecule has 1 heterocycles. The second-order valence-electron chi connectivity index (χ2n) is 6.25. The molecule has 3 rings (SSSR count). The number of nitrogens with two attached hydrogens (primary N) is 1. The van der Waals surface area contributed by atoms with Gasteiger partial charge in [0, 0.05) is 5.69 Å². The van der Waals surface area contributed by atoms with Gasteiger partial charge < -0.3 is 15.4 Å². The molecule has 4 N–H and O–H groups in total. The van der Waals surface area contributed by atoms with Crippen molar-refractivity contribution in [3.8, 4) is 5.75 Å². The predicted octanol–water partition coefficient (Wildman–Crippen LogP) is 3.45. The van der Waals surface area contributed by atoms with Crippen LogP contribution in [0.5, 0.6) is 5.75 Å². The van der Waals surface area contributed by atoms with Gasteiger partial charge in [0.1, 0.15) is 5.75 Å². The molecule has 164 valence electrons. The molecule has 1 amide bonds. The summed E-state index contributed by atoms with van der Waals surface area (Å²) in [6.07, 6.45) is 0. The first kappa shape index (κ1) is 23.0. The fourth-order valence-electron chi connectivity index (χ4n) is 2.45. The Labute approximate surface area is 188 Å². The number of rotatable bonds is 9. The van der Waals surface area contributed by atoms with Crippen molar-refractivity contribution in [2.45, 2.75) is 28.3 Å². The summed E-state index contributed by atoms with van der Waals surface area (Å²) in [7, 11) is -3.78. The molecule has 0 radical (unpaired) electrons. The Hall–Kier alpha value is -2.67. The van der Waals surface area contributed by atoms with Crippen LogP contribution in [0.3, 0.4) is 0 Å². The fourth-order valence-corrected chi connectivity index (χ4v) is 4.87. The lowest BCUT2D eigenvalue weighted by molar-refractivity contribution is -0.115. The van der Waals surface area contributed by atoms with Gasteiger partial charge >= 0.3 is 0 Å². The van der Waals surface area contributed by atoms with Crippen molar-refractivity contribution in [3.63, 3.8) is 0 Å². The predicted molar refractivity (Wildman–Crippen MR) is 123 cm³/mol. The molecule has 0 bridgehead atoms. The maximum atomic E-state index is 12.5. The monoisotopic (exact) mass is 479 g/mol. The number of nitrogens with zero attached hydrogens (tertiary/aromatic N) is 2. The molecular weight excluding hydrogens is 458 g/mol. The molecular formula is C19H21N5O4S3. The first-order valence-electron chi connectivity index (χ1n) is 9.19. The number of aromatic nitrogens is 2. The first-order chi connectivity index (χ1) is 14.8. The van der Waals surface area contributed by atoms with Gasteiger partial charge in [-0.1, -0.05) is 35.2 Å². The van der Waals surface area contributed by atoms with Gasteiger partial charge in [-0.15, -0.1) is 10.2 Å². The molecule has 31 heavy (non-hydrogen) atoms.